The smallest absolute Gasteiger partial charge is 0.162 e. The molecule has 0 aromatic heterocycles. The van der Waals surface area contributed by atoms with Crippen LogP contribution >= 0.6 is 0 Å². The van der Waals surface area contributed by atoms with Crippen molar-refractivity contribution in [1.29, 1.82) is 0 Å². The number of hydrogen-bond donors (Lipinski definition) is 0. The molecule has 0 saturated carbocycles. The standard InChI is InChI=1S/C27H31NO3/c1-3-17-29-24-15-14-21(2)19-25(24)31-27(22-10-6-4-7-11-22)26-20-28(16-18-30-26)23-12-8-5-9-13-23/h4-15,19,26-27H,3,16-18,20H2,1-2H3/t26?,27-/m0/s1. The molecule has 0 radical (unpaired) electrons. The van der Waals surface area contributed by atoms with Crippen LogP contribution in [0, 0.1) is 6.92 Å². The summed E-state index contributed by atoms with van der Waals surface area (Å²) in [6.07, 6.45) is 0.613. The number of ether oxygens (including phenoxy) is 3. The monoisotopic (exact) mass is 417 g/mol. The largest absolute Gasteiger partial charge is 0.490 e. The van der Waals surface area contributed by atoms with Gasteiger partial charge in [-0.3, -0.25) is 0 Å². The van der Waals surface area contributed by atoms with Gasteiger partial charge >= 0.3 is 0 Å². The second-order valence-electron chi connectivity index (χ2n) is 7.94. The van der Waals surface area contributed by atoms with Crippen LogP contribution in [-0.4, -0.2) is 32.4 Å². The third-order valence-corrected chi connectivity index (χ3v) is 5.50. The molecule has 4 rings (SSSR count). The molecule has 2 atom stereocenters. The van der Waals surface area contributed by atoms with Crippen molar-refractivity contribution in [2.24, 2.45) is 0 Å². The van der Waals surface area contributed by atoms with E-state index in [1.807, 2.05) is 30.3 Å². The highest BCUT2D eigenvalue weighted by Crippen LogP contribution is 2.35. The van der Waals surface area contributed by atoms with Gasteiger partial charge < -0.3 is 19.1 Å². The maximum Gasteiger partial charge on any atom is 0.162 e. The molecule has 0 aliphatic carbocycles. The van der Waals surface area contributed by atoms with Gasteiger partial charge in [-0.1, -0.05) is 61.5 Å². The second-order valence-corrected chi connectivity index (χ2v) is 7.94. The molecule has 31 heavy (non-hydrogen) atoms. The van der Waals surface area contributed by atoms with Gasteiger partial charge in [-0.2, -0.15) is 0 Å². The fourth-order valence-corrected chi connectivity index (χ4v) is 3.91. The minimum atomic E-state index is -0.238. The van der Waals surface area contributed by atoms with Crippen molar-refractivity contribution in [2.75, 3.05) is 31.2 Å². The lowest BCUT2D eigenvalue weighted by molar-refractivity contribution is -0.0357. The highest BCUT2D eigenvalue weighted by molar-refractivity contribution is 5.47. The Kier molecular flexibility index (Phi) is 7.11. The Morgan fingerprint density at radius 2 is 1.71 bits per heavy atom. The van der Waals surface area contributed by atoms with Crippen molar-refractivity contribution in [3.05, 3.63) is 90.0 Å². The first-order chi connectivity index (χ1) is 15.2. The lowest BCUT2D eigenvalue weighted by Crippen LogP contribution is -2.46. The van der Waals surface area contributed by atoms with E-state index in [-0.39, 0.29) is 12.2 Å². The summed E-state index contributed by atoms with van der Waals surface area (Å²) in [6.45, 7) is 7.14. The molecule has 3 aromatic carbocycles. The van der Waals surface area contributed by atoms with Crippen LogP contribution in [0.25, 0.3) is 0 Å². The van der Waals surface area contributed by atoms with E-state index in [2.05, 4.69) is 67.3 Å². The van der Waals surface area contributed by atoms with Gasteiger partial charge in [0.15, 0.2) is 17.6 Å². The maximum absolute atomic E-state index is 6.66. The van der Waals surface area contributed by atoms with Crippen molar-refractivity contribution in [2.45, 2.75) is 32.5 Å². The van der Waals surface area contributed by atoms with Gasteiger partial charge in [-0.25, -0.2) is 0 Å². The van der Waals surface area contributed by atoms with Crippen LogP contribution in [0.5, 0.6) is 11.5 Å². The number of rotatable bonds is 8. The van der Waals surface area contributed by atoms with E-state index < -0.39 is 0 Å². The Balaban J connectivity index is 1.62. The first kappa shape index (κ1) is 21.3. The number of hydrogen-bond acceptors (Lipinski definition) is 4. The highest BCUT2D eigenvalue weighted by atomic mass is 16.6. The fraction of sp³-hybridized carbons (Fsp3) is 0.333. The SMILES string of the molecule is CCCOc1ccc(C)cc1O[C@@H](c1ccccc1)C1CN(c2ccccc2)CCO1. The molecule has 0 spiro atoms. The van der Waals surface area contributed by atoms with E-state index in [0.29, 0.717) is 13.2 Å². The van der Waals surface area contributed by atoms with Crippen LogP contribution in [-0.2, 0) is 4.74 Å². The average molecular weight is 418 g/mol. The molecule has 4 nitrogen and oxygen atoms in total. The molecule has 1 unspecified atom stereocenters. The number of para-hydroxylation sites is 1. The molecule has 1 fully saturated rings. The minimum absolute atomic E-state index is 0.101. The Labute approximate surface area is 185 Å². The third-order valence-electron chi connectivity index (χ3n) is 5.50. The van der Waals surface area contributed by atoms with E-state index in [9.17, 15) is 0 Å². The first-order valence-electron chi connectivity index (χ1n) is 11.1. The molecule has 3 aromatic rings. The molecule has 162 valence electrons. The van der Waals surface area contributed by atoms with Crippen molar-refractivity contribution in [3.8, 4) is 11.5 Å². The van der Waals surface area contributed by atoms with Crippen molar-refractivity contribution < 1.29 is 14.2 Å². The van der Waals surface area contributed by atoms with Gasteiger partial charge in [-0.05, 0) is 48.7 Å². The van der Waals surface area contributed by atoms with E-state index in [1.165, 1.54) is 5.69 Å². The molecule has 0 N–H and O–H groups in total. The first-order valence-corrected chi connectivity index (χ1v) is 11.1. The second kappa shape index (κ2) is 10.4. The van der Waals surface area contributed by atoms with Crippen molar-refractivity contribution >= 4 is 5.69 Å². The summed E-state index contributed by atoms with van der Waals surface area (Å²) in [5.74, 6) is 1.55. The zero-order valence-electron chi connectivity index (χ0n) is 18.4. The van der Waals surface area contributed by atoms with E-state index >= 15 is 0 Å². The zero-order valence-corrected chi connectivity index (χ0v) is 18.4. The number of anilines is 1. The van der Waals surface area contributed by atoms with E-state index in [4.69, 9.17) is 14.2 Å². The Morgan fingerprint density at radius 1 is 0.968 bits per heavy atom. The highest BCUT2D eigenvalue weighted by Gasteiger charge is 2.32. The van der Waals surface area contributed by atoms with Gasteiger partial charge in [0.2, 0.25) is 0 Å². The number of aryl methyl sites for hydroxylation is 1. The molecule has 0 bridgehead atoms. The van der Waals surface area contributed by atoms with Crippen molar-refractivity contribution in [3.63, 3.8) is 0 Å². The molecule has 1 saturated heterocycles. The number of morpholine rings is 1. The fourth-order valence-electron chi connectivity index (χ4n) is 3.91. The van der Waals surface area contributed by atoms with E-state index in [1.54, 1.807) is 0 Å². The number of benzene rings is 3. The Bertz CT molecular complexity index is 945. The predicted octanol–water partition coefficient (Wildman–Crippen LogP) is 5.81. The Morgan fingerprint density at radius 3 is 2.45 bits per heavy atom. The molecular weight excluding hydrogens is 386 g/mol. The van der Waals surface area contributed by atoms with Gasteiger partial charge in [0.05, 0.1) is 13.2 Å². The van der Waals surface area contributed by atoms with Crippen LogP contribution in [0.15, 0.2) is 78.9 Å². The third kappa shape index (κ3) is 5.39. The van der Waals surface area contributed by atoms with Crippen LogP contribution < -0.4 is 14.4 Å². The van der Waals surface area contributed by atoms with Gasteiger partial charge in [-0.15, -0.1) is 0 Å². The molecular formula is C27H31NO3. The van der Waals surface area contributed by atoms with Gasteiger partial charge in [0.25, 0.3) is 0 Å². The summed E-state index contributed by atoms with van der Waals surface area (Å²) in [7, 11) is 0. The molecule has 1 aliphatic heterocycles. The summed E-state index contributed by atoms with van der Waals surface area (Å²) in [4.78, 5) is 2.37. The quantitative estimate of drug-likeness (QED) is 0.463. The molecule has 0 amide bonds. The summed E-state index contributed by atoms with van der Waals surface area (Å²) >= 11 is 0. The lowest BCUT2D eigenvalue weighted by atomic mass is 10.0. The van der Waals surface area contributed by atoms with Crippen molar-refractivity contribution in [1.82, 2.24) is 0 Å². The number of nitrogens with zero attached hydrogens (tertiary/aromatic N) is 1. The van der Waals surface area contributed by atoms with Gasteiger partial charge in [0.1, 0.15) is 6.10 Å². The van der Waals surface area contributed by atoms with Crippen LogP contribution in [0.2, 0.25) is 0 Å². The zero-order chi connectivity index (χ0) is 21.5. The minimum Gasteiger partial charge on any atom is -0.490 e. The Hall–Kier alpha value is -2.98. The van der Waals surface area contributed by atoms with Gasteiger partial charge in [0, 0.05) is 18.8 Å². The summed E-state index contributed by atoms with van der Waals surface area (Å²) in [6, 6.07) is 27.0. The summed E-state index contributed by atoms with van der Waals surface area (Å²) < 4.78 is 18.9. The average Bonchev–Trinajstić information content (AvgIpc) is 2.83. The maximum atomic E-state index is 6.66. The van der Waals surface area contributed by atoms with Crippen LogP contribution in [0.3, 0.4) is 0 Å². The summed E-state index contributed by atoms with van der Waals surface area (Å²) in [5, 5.41) is 0. The van der Waals surface area contributed by atoms with E-state index in [0.717, 1.165) is 42.1 Å². The lowest BCUT2D eigenvalue weighted by Gasteiger charge is -2.38. The topological polar surface area (TPSA) is 30.9 Å². The normalized spacial score (nSPS) is 17.2. The van der Waals surface area contributed by atoms with Crippen LogP contribution in [0.4, 0.5) is 5.69 Å². The van der Waals surface area contributed by atoms with Crippen LogP contribution in [0.1, 0.15) is 30.6 Å². The summed E-state index contributed by atoms with van der Waals surface area (Å²) in [5.41, 5.74) is 3.46. The molecule has 1 heterocycles. The molecule has 1 aliphatic rings. The predicted molar refractivity (Wildman–Crippen MR) is 125 cm³/mol. The molecule has 4 heteroatoms.